The van der Waals surface area contributed by atoms with Gasteiger partial charge in [-0.1, -0.05) is 0 Å². The minimum Gasteiger partial charge on any atom is -0.759 e. The zero-order valence-electron chi connectivity index (χ0n) is 10.0. The van der Waals surface area contributed by atoms with Gasteiger partial charge in [0, 0.05) is 10.4 Å². The second-order valence-electron chi connectivity index (χ2n) is 2.62. The quantitative estimate of drug-likeness (QED) is 0.441. The zero-order valence-corrected chi connectivity index (χ0v) is 13.2. The number of rotatable bonds is 4. The van der Waals surface area contributed by atoms with E-state index in [1.165, 1.54) is 21.1 Å². The minimum atomic E-state index is -5.17. The summed E-state index contributed by atoms with van der Waals surface area (Å²) in [6.07, 6.45) is 0. The molecule has 0 aromatic carbocycles. The van der Waals surface area contributed by atoms with Crippen LogP contribution in [0.3, 0.4) is 0 Å². The molecule has 7 heteroatoms. The third-order valence-corrected chi connectivity index (χ3v) is 3.46. The molecule has 0 bridgehead atoms. The van der Waals surface area contributed by atoms with Crippen molar-refractivity contribution in [3.63, 3.8) is 0 Å². The predicted octanol–water partition coefficient (Wildman–Crippen LogP) is 1.80. The van der Waals surface area contributed by atoms with Crippen molar-refractivity contribution in [2.45, 2.75) is 48.8 Å². The Morgan fingerprint density at radius 2 is 0.933 bits per heavy atom. The van der Waals surface area contributed by atoms with E-state index in [1.54, 1.807) is 0 Å². The molecule has 0 saturated carbocycles. The van der Waals surface area contributed by atoms with Gasteiger partial charge < -0.3 is 9.11 Å². The average Bonchev–Trinajstić information content (AvgIpc) is 2.05. The van der Waals surface area contributed by atoms with Crippen LogP contribution < -0.4 is 0 Å². The van der Waals surface area contributed by atoms with Gasteiger partial charge in [-0.25, -0.2) is 0 Å². The SMILES string of the molecule is C[CH2][Al+][CH2]C.C[CH2][Al+][CH2]C.O=S(=O)([O-])[O-]. The largest absolute Gasteiger partial charge is 0.759 e. The van der Waals surface area contributed by atoms with Crippen LogP contribution in [-0.4, -0.2) is 48.0 Å². The molecule has 88 valence electrons. The summed E-state index contributed by atoms with van der Waals surface area (Å²) in [6.45, 7) is 9.00. The summed E-state index contributed by atoms with van der Waals surface area (Å²) >= 11 is 1.63. The Morgan fingerprint density at radius 3 is 0.933 bits per heavy atom. The fraction of sp³-hybridized carbons (Fsp3) is 1.00. The van der Waals surface area contributed by atoms with Crippen LogP contribution in [0, 0.1) is 0 Å². The molecule has 0 saturated heterocycles. The van der Waals surface area contributed by atoms with Crippen molar-refractivity contribution < 1.29 is 17.5 Å². The van der Waals surface area contributed by atoms with E-state index < -0.39 is 10.4 Å². The maximum Gasteiger partial charge on any atom is 0.0311 e. The first-order chi connectivity index (χ1) is 6.83. The molecular formula is C8H20Al2O4S. The molecule has 15 heavy (non-hydrogen) atoms. The van der Waals surface area contributed by atoms with Crippen LogP contribution in [0.2, 0.25) is 21.1 Å². The van der Waals surface area contributed by atoms with Gasteiger partial charge >= 0.3 is 79.3 Å². The molecule has 0 spiro atoms. The van der Waals surface area contributed by atoms with E-state index in [0.29, 0.717) is 0 Å². The van der Waals surface area contributed by atoms with E-state index in [0.717, 1.165) is 30.4 Å². The standard InChI is InChI=1S/4C2H5.2Al.H2O4S/c4*1-2;;;1-5(2,3)4/h4*1H2,2H3;;;(H2,1,2,3,4)/q;;;;2*+1;/p-2. The van der Waals surface area contributed by atoms with Crippen LogP contribution in [0.4, 0.5) is 0 Å². The normalized spacial score (nSPS) is 8.40. The van der Waals surface area contributed by atoms with E-state index in [9.17, 15) is 0 Å². The van der Waals surface area contributed by atoms with Gasteiger partial charge in [-0.05, 0) is 0 Å². The van der Waals surface area contributed by atoms with Crippen molar-refractivity contribution in [3.8, 4) is 0 Å². The summed E-state index contributed by atoms with van der Waals surface area (Å²) in [6, 6.07) is 0. The van der Waals surface area contributed by atoms with Crippen LogP contribution in [0.15, 0.2) is 0 Å². The Labute approximate surface area is 107 Å². The summed E-state index contributed by atoms with van der Waals surface area (Å²) in [5.41, 5.74) is 0. The van der Waals surface area contributed by atoms with Gasteiger partial charge in [0.05, 0.1) is 0 Å². The molecule has 0 radical (unpaired) electrons. The first-order valence-electron chi connectivity index (χ1n) is 5.13. The minimum absolute atomic E-state index is 0.815. The molecule has 0 aliphatic rings. The molecule has 0 fully saturated rings. The molecule has 0 N–H and O–H groups in total. The third kappa shape index (κ3) is 103. The second-order valence-corrected chi connectivity index (χ2v) is 7.86. The van der Waals surface area contributed by atoms with Crippen molar-refractivity contribution in [1.29, 1.82) is 0 Å². The van der Waals surface area contributed by atoms with Crippen LogP contribution in [-0.2, 0) is 10.4 Å². The molecule has 0 unspecified atom stereocenters. The second kappa shape index (κ2) is 17.3. The van der Waals surface area contributed by atoms with E-state index >= 15 is 0 Å². The van der Waals surface area contributed by atoms with Crippen molar-refractivity contribution >= 4 is 40.8 Å². The molecular weight excluding hydrogens is 246 g/mol. The molecule has 0 amide bonds. The summed E-state index contributed by atoms with van der Waals surface area (Å²) in [5.74, 6) is 0. The van der Waals surface area contributed by atoms with Gasteiger partial charge in [-0.15, -0.1) is 0 Å². The summed E-state index contributed by atoms with van der Waals surface area (Å²) in [5, 5.41) is 5.71. The van der Waals surface area contributed by atoms with Crippen molar-refractivity contribution in [1.82, 2.24) is 0 Å². The van der Waals surface area contributed by atoms with Crippen LogP contribution in [0.25, 0.3) is 0 Å². The average molecular weight is 266 g/mol. The van der Waals surface area contributed by atoms with Crippen molar-refractivity contribution in [2.75, 3.05) is 0 Å². The van der Waals surface area contributed by atoms with E-state index in [1.807, 2.05) is 0 Å². The van der Waals surface area contributed by atoms with Gasteiger partial charge in [0.1, 0.15) is 0 Å². The van der Waals surface area contributed by atoms with Gasteiger partial charge in [-0.3, -0.25) is 8.42 Å². The van der Waals surface area contributed by atoms with E-state index in [-0.39, 0.29) is 0 Å². The van der Waals surface area contributed by atoms with Crippen molar-refractivity contribution in [3.05, 3.63) is 0 Å². The Hall–Kier alpha value is 0.935. The fourth-order valence-corrected chi connectivity index (χ4v) is 1.73. The Kier molecular flexibility index (Phi) is 24.5. The van der Waals surface area contributed by atoms with Gasteiger partial charge in [0.15, 0.2) is 0 Å². The fourth-order valence-electron chi connectivity index (χ4n) is 0.577. The molecule has 0 atom stereocenters. The third-order valence-electron chi connectivity index (χ3n) is 1.15. The zero-order chi connectivity index (χ0) is 12.7. The number of hydrogen-bond donors (Lipinski definition) is 0. The smallest absolute Gasteiger partial charge is 0.0311 e. The summed E-state index contributed by atoms with van der Waals surface area (Å²) < 4.78 is 34.1. The van der Waals surface area contributed by atoms with Gasteiger partial charge in [0.25, 0.3) is 0 Å². The topological polar surface area (TPSA) is 80.3 Å². The van der Waals surface area contributed by atoms with Gasteiger partial charge in [-0.2, -0.15) is 0 Å². The maximum absolute atomic E-state index is 8.52. The molecule has 0 aromatic heterocycles. The molecule has 4 nitrogen and oxygen atoms in total. The monoisotopic (exact) mass is 266 g/mol. The Balaban J connectivity index is -0.000000144. The summed E-state index contributed by atoms with van der Waals surface area (Å²) in [4.78, 5) is 0. The first-order valence-corrected chi connectivity index (χ1v) is 9.73. The molecule has 0 rings (SSSR count). The van der Waals surface area contributed by atoms with Crippen LogP contribution in [0.5, 0.6) is 0 Å². The Bertz CT molecular complexity index is 165. The molecule has 0 aromatic rings. The molecule has 0 heterocycles. The molecule has 0 aliphatic carbocycles. The molecule has 0 aliphatic heterocycles. The number of hydrogen-bond acceptors (Lipinski definition) is 4. The maximum atomic E-state index is 8.52. The summed E-state index contributed by atoms with van der Waals surface area (Å²) in [7, 11) is -5.17. The van der Waals surface area contributed by atoms with Crippen LogP contribution >= 0.6 is 0 Å². The van der Waals surface area contributed by atoms with E-state index in [2.05, 4.69) is 27.7 Å². The van der Waals surface area contributed by atoms with E-state index in [4.69, 9.17) is 17.5 Å². The first kappa shape index (κ1) is 21.2. The van der Waals surface area contributed by atoms with Crippen molar-refractivity contribution in [2.24, 2.45) is 0 Å². The Morgan fingerprint density at radius 1 is 0.800 bits per heavy atom. The van der Waals surface area contributed by atoms with Crippen LogP contribution in [0.1, 0.15) is 27.7 Å². The van der Waals surface area contributed by atoms with Gasteiger partial charge in [0.2, 0.25) is 0 Å². The predicted molar refractivity (Wildman–Crippen MR) is 63.9 cm³/mol.